The first-order valence-electron chi connectivity index (χ1n) is 6.28. The van der Waals surface area contributed by atoms with Gasteiger partial charge >= 0.3 is 5.97 Å². The Labute approximate surface area is 97.3 Å². The molecule has 4 nitrogen and oxygen atoms in total. The van der Waals surface area contributed by atoms with Gasteiger partial charge in [0.25, 0.3) is 0 Å². The van der Waals surface area contributed by atoms with Crippen molar-refractivity contribution in [1.29, 1.82) is 0 Å². The SMILES string of the molecule is CCN1CCC(NC2CC2)(C(=O)OC)CC1. The van der Waals surface area contributed by atoms with Crippen LogP contribution in [0.4, 0.5) is 0 Å². The summed E-state index contributed by atoms with van der Waals surface area (Å²) in [5, 5.41) is 3.50. The van der Waals surface area contributed by atoms with E-state index in [0.29, 0.717) is 6.04 Å². The summed E-state index contributed by atoms with van der Waals surface area (Å²) in [7, 11) is 1.49. The Morgan fingerprint density at radius 2 is 2.06 bits per heavy atom. The number of rotatable bonds is 4. The van der Waals surface area contributed by atoms with Crippen LogP contribution in [0.2, 0.25) is 0 Å². The number of methoxy groups -OCH3 is 1. The topological polar surface area (TPSA) is 41.6 Å². The highest BCUT2D eigenvalue weighted by Gasteiger charge is 2.45. The summed E-state index contributed by atoms with van der Waals surface area (Å²) in [6, 6.07) is 0.548. The summed E-state index contributed by atoms with van der Waals surface area (Å²) in [5.74, 6) is -0.0739. The standard InChI is InChI=1S/C12H22N2O2/c1-3-14-8-6-12(7-9-14,11(15)16-2)13-10-4-5-10/h10,13H,3-9H2,1-2H3. The van der Waals surface area contributed by atoms with E-state index in [9.17, 15) is 4.79 Å². The molecule has 4 heteroatoms. The highest BCUT2D eigenvalue weighted by molar-refractivity contribution is 5.81. The lowest BCUT2D eigenvalue weighted by atomic mass is 9.87. The summed E-state index contributed by atoms with van der Waals surface area (Å²) >= 11 is 0. The molecule has 1 heterocycles. The first kappa shape index (κ1) is 11.9. The Balaban J connectivity index is 2.00. The van der Waals surface area contributed by atoms with Crippen LogP contribution in [0.15, 0.2) is 0 Å². The van der Waals surface area contributed by atoms with E-state index >= 15 is 0 Å². The lowest BCUT2D eigenvalue weighted by Crippen LogP contribution is -2.59. The number of carbonyl (C=O) groups excluding carboxylic acids is 1. The molecule has 0 aromatic rings. The fourth-order valence-electron chi connectivity index (χ4n) is 2.47. The van der Waals surface area contributed by atoms with Gasteiger partial charge in [-0.15, -0.1) is 0 Å². The molecule has 0 unspecified atom stereocenters. The van der Waals surface area contributed by atoms with E-state index in [1.807, 2.05) is 0 Å². The van der Waals surface area contributed by atoms with E-state index in [1.54, 1.807) is 0 Å². The van der Waals surface area contributed by atoms with Crippen LogP contribution in [-0.4, -0.2) is 49.2 Å². The maximum atomic E-state index is 11.9. The Hall–Kier alpha value is -0.610. The first-order chi connectivity index (χ1) is 7.70. The molecule has 0 atom stereocenters. The third kappa shape index (κ3) is 2.38. The molecule has 0 radical (unpaired) electrons. The van der Waals surface area contributed by atoms with Gasteiger partial charge in [-0.3, -0.25) is 10.1 Å². The minimum Gasteiger partial charge on any atom is -0.468 e. The van der Waals surface area contributed by atoms with E-state index in [4.69, 9.17) is 4.74 Å². The summed E-state index contributed by atoms with van der Waals surface area (Å²) in [5.41, 5.74) is -0.401. The van der Waals surface area contributed by atoms with Gasteiger partial charge in [-0.25, -0.2) is 0 Å². The summed E-state index contributed by atoms with van der Waals surface area (Å²) in [4.78, 5) is 14.3. The van der Waals surface area contributed by atoms with Gasteiger partial charge in [-0.1, -0.05) is 6.92 Å². The normalized spacial score (nSPS) is 25.4. The molecular formula is C12H22N2O2. The van der Waals surface area contributed by atoms with Crippen molar-refractivity contribution in [2.45, 2.75) is 44.2 Å². The zero-order valence-electron chi connectivity index (χ0n) is 10.3. The molecule has 92 valence electrons. The van der Waals surface area contributed by atoms with Crippen LogP contribution in [0.5, 0.6) is 0 Å². The zero-order chi connectivity index (χ0) is 11.6. The summed E-state index contributed by atoms with van der Waals surface area (Å²) in [6.45, 7) is 5.22. The first-order valence-corrected chi connectivity index (χ1v) is 6.28. The largest absolute Gasteiger partial charge is 0.468 e. The maximum Gasteiger partial charge on any atom is 0.326 e. The predicted molar refractivity (Wildman–Crippen MR) is 62.3 cm³/mol. The van der Waals surface area contributed by atoms with Gasteiger partial charge in [-0.2, -0.15) is 0 Å². The fraction of sp³-hybridized carbons (Fsp3) is 0.917. The van der Waals surface area contributed by atoms with Crippen LogP contribution in [-0.2, 0) is 9.53 Å². The molecular weight excluding hydrogens is 204 g/mol. The Bertz CT molecular complexity index is 256. The average molecular weight is 226 g/mol. The number of esters is 1. The highest BCUT2D eigenvalue weighted by atomic mass is 16.5. The molecule has 16 heavy (non-hydrogen) atoms. The number of nitrogens with one attached hydrogen (secondary N) is 1. The molecule has 0 spiro atoms. The lowest BCUT2D eigenvalue weighted by Gasteiger charge is -2.40. The van der Waals surface area contributed by atoms with Crippen molar-refractivity contribution < 1.29 is 9.53 Å². The number of hydrogen-bond acceptors (Lipinski definition) is 4. The molecule has 2 fully saturated rings. The number of nitrogens with zero attached hydrogens (tertiary/aromatic N) is 1. The van der Waals surface area contributed by atoms with Crippen molar-refractivity contribution in [2.24, 2.45) is 0 Å². The van der Waals surface area contributed by atoms with Crippen molar-refractivity contribution in [2.75, 3.05) is 26.7 Å². The van der Waals surface area contributed by atoms with Gasteiger partial charge in [0.15, 0.2) is 0 Å². The van der Waals surface area contributed by atoms with Crippen molar-refractivity contribution >= 4 is 5.97 Å². The molecule has 1 saturated heterocycles. The van der Waals surface area contributed by atoms with Crippen LogP contribution in [0.25, 0.3) is 0 Å². The average Bonchev–Trinajstić information content (AvgIpc) is 3.12. The Morgan fingerprint density at radius 1 is 1.44 bits per heavy atom. The number of carbonyl (C=O) groups is 1. The molecule has 1 N–H and O–H groups in total. The van der Waals surface area contributed by atoms with Gasteiger partial charge in [0, 0.05) is 19.1 Å². The second-order valence-electron chi connectivity index (χ2n) is 4.93. The second kappa shape index (κ2) is 4.72. The van der Waals surface area contributed by atoms with Gasteiger partial charge in [0.2, 0.25) is 0 Å². The molecule has 0 amide bonds. The van der Waals surface area contributed by atoms with Gasteiger partial charge in [0.05, 0.1) is 7.11 Å². The van der Waals surface area contributed by atoms with Crippen LogP contribution in [0.3, 0.4) is 0 Å². The molecule has 0 aromatic heterocycles. The van der Waals surface area contributed by atoms with Crippen LogP contribution >= 0.6 is 0 Å². The maximum absolute atomic E-state index is 11.9. The molecule has 0 aromatic carbocycles. The van der Waals surface area contributed by atoms with Gasteiger partial charge in [0.1, 0.15) is 5.54 Å². The van der Waals surface area contributed by atoms with E-state index in [0.717, 1.165) is 32.5 Å². The van der Waals surface area contributed by atoms with Gasteiger partial charge < -0.3 is 9.64 Å². The molecule has 2 rings (SSSR count). The van der Waals surface area contributed by atoms with E-state index < -0.39 is 5.54 Å². The minimum atomic E-state index is -0.401. The van der Waals surface area contributed by atoms with Crippen molar-refractivity contribution in [3.63, 3.8) is 0 Å². The number of likely N-dealkylation sites (tertiary alicyclic amines) is 1. The summed E-state index contributed by atoms with van der Waals surface area (Å²) in [6.07, 6.45) is 4.17. The van der Waals surface area contributed by atoms with E-state index in [2.05, 4.69) is 17.1 Å². The molecule has 1 saturated carbocycles. The highest BCUT2D eigenvalue weighted by Crippen LogP contribution is 2.29. The van der Waals surface area contributed by atoms with Crippen LogP contribution in [0.1, 0.15) is 32.6 Å². The lowest BCUT2D eigenvalue weighted by molar-refractivity contribution is -0.151. The third-order valence-corrected chi connectivity index (χ3v) is 3.79. The quantitative estimate of drug-likeness (QED) is 0.719. The Kier molecular flexibility index (Phi) is 3.50. The minimum absolute atomic E-state index is 0.0739. The molecule has 2 aliphatic rings. The second-order valence-corrected chi connectivity index (χ2v) is 4.93. The van der Waals surface area contributed by atoms with Crippen molar-refractivity contribution in [1.82, 2.24) is 10.2 Å². The van der Waals surface area contributed by atoms with Crippen molar-refractivity contribution in [3.8, 4) is 0 Å². The predicted octanol–water partition coefficient (Wildman–Crippen LogP) is 0.766. The van der Waals surface area contributed by atoms with E-state index in [-0.39, 0.29) is 5.97 Å². The smallest absolute Gasteiger partial charge is 0.326 e. The van der Waals surface area contributed by atoms with Crippen LogP contribution < -0.4 is 5.32 Å². The van der Waals surface area contributed by atoms with E-state index in [1.165, 1.54) is 20.0 Å². The molecule has 1 aliphatic carbocycles. The fourth-order valence-corrected chi connectivity index (χ4v) is 2.47. The number of piperidine rings is 1. The zero-order valence-corrected chi connectivity index (χ0v) is 10.3. The molecule has 0 bridgehead atoms. The van der Waals surface area contributed by atoms with Gasteiger partial charge in [-0.05, 0) is 32.2 Å². The Morgan fingerprint density at radius 3 is 2.50 bits per heavy atom. The number of ether oxygens (including phenoxy) is 1. The number of hydrogen-bond donors (Lipinski definition) is 1. The third-order valence-electron chi connectivity index (χ3n) is 3.79. The van der Waals surface area contributed by atoms with Crippen LogP contribution in [0, 0.1) is 0 Å². The molecule has 1 aliphatic heterocycles. The van der Waals surface area contributed by atoms with Crippen molar-refractivity contribution in [3.05, 3.63) is 0 Å². The monoisotopic (exact) mass is 226 g/mol. The summed E-state index contributed by atoms with van der Waals surface area (Å²) < 4.78 is 4.97.